The molecule has 1 spiro atoms. The van der Waals surface area contributed by atoms with Crippen LogP contribution in [0.25, 0.3) is 0 Å². The van der Waals surface area contributed by atoms with Gasteiger partial charge < -0.3 is 25.2 Å². The molecule has 0 bridgehead atoms. The maximum Gasteiger partial charge on any atom is 0.322 e. The summed E-state index contributed by atoms with van der Waals surface area (Å²) in [6, 6.07) is 11.1. The lowest BCUT2D eigenvalue weighted by atomic mass is 9.92. The molecule has 0 atom stereocenters. The number of carboxylic acid groups (broad SMARTS) is 1. The third-order valence-electron chi connectivity index (χ3n) is 5.63. The van der Waals surface area contributed by atoms with Gasteiger partial charge in [-0.1, -0.05) is 23.8 Å². The molecule has 4 rings (SSSR count). The molecule has 9 heteroatoms. The number of amides is 2. The summed E-state index contributed by atoms with van der Waals surface area (Å²) in [6.45, 7) is 1.83. The van der Waals surface area contributed by atoms with Crippen LogP contribution < -0.4 is 10.1 Å². The van der Waals surface area contributed by atoms with Gasteiger partial charge in [-0.25, -0.2) is 4.98 Å². The van der Waals surface area contributed by atoms with Crippen molar-refractivity contribution >= 4 is 17.8 Å². The number of nitrogens with one attached hydrogen (secondary N) is 1. The van der Waals surface area contributed by atoms with Gasteiger partial charge in [0.2, 0.25) is 5.88 Å². The fraction of sp³-hybridized carbons (Fsp3) is 0.304. The molecule has 0 saturated heterocycles. The van der Waals surface area contributed by atoms with Gasteiger partial charge in [-0.3, -0.25) is 14.4 Å². The Balaban J connectivity index is 1.47. The number of rotatable bonds is 7. The Bertz CT molecular complexity index is 1090. The average molecular weight is 437 g/mol. The number of ether oxygens (including phenoxy) is 1. The zero-order chi connectivity index (χ0) is 22.9. The van der Waals surface area contributed by atoms with Crippen molar-refractivity contribution in [1.29, 1.82) is 0 Å². The van der Waals surface area contributed by atoms with E-state index in [1.807, 2.05) is 31.2 Å². The normalized spacial score (nSPS) is 16.8. The van der Waals surface area contributed by atoms with Crippen molar-refractivity contribution in [3.8, 4) is 11.6 Å². The summed E-state index contributed by atoms with van der Waals surface area (Å²) < 4.78 is 5.72. The maximum atomic E-state index is 12.9. The first-order valence-electron chi connectivity index (χ1n) is 10.2. The molecule has 32 heavy (non-hydrogen) atoms. The first-order valence-corrected chi connectivity index (χ1v) is 10.2. The fourth-order valence-corrected chi connectivity index (χ4v) is 3.67. The van der Waals surface area contributed by atoms with Gasteiger partial charge in [-0.05, 0) is 37.5 Å². The summed E-state index contributed by atoms with van der Waals surface area (Å²) in [5.74, 6) is -1.93. The van der Waals surface area contributed by atoms with E-state index < -0.39 is 29.7 Å². The molecule has 0 unspecified atom stereocenters. The van der Waals surface area contributed by atoms with Gasteiger partial charge in [0.15, 0.2) is 0 Å². The molecule has 1 fully saturated rings. The molecule has 0 radical (unpaired) electrons. The number of carbonyl (C=O) groups excluding carboxylic acids is 2. The number of carbonyl (C=O) groups is 3. The van der Waals surface area contributed by atoms with Crippen molar-refractivity contribution in [3.63, 3.8) is 0 Å². The van der Waals surface area contributed by atoms with E-state index in [0.717, 1.165) is 11.1 Å². The van der Waals surface area contributed by atoms with Gasteiger partial charge in [-0.2, -0.15) is 0 Å². The molecule has 2 aromatic rings. The lowest BCUT2D eigenvalue weighted by molar-refractivity contribution is -0.139. The molecular formula is C23H23N3O6. The summed E-state index contributed by atoms with van der Waals surface area (Å²) in [7, 11) is 0. The number of aliphatic hydroxyl groups excluding tert-OH is 1. The summed E-state index contributed by atoms with van der Waals surface area (Å²) in [5.41, 5.74) is 0.835. The molecule has 2 aliphatic rings. The highest BCUT2D eigenvalue weighted by Crippen LogP contribution is 2.54. The number of carboxylic acids is 1. The zero-order valence-corrected chi connectivity index (χ0v) is 17.5. The molecule has 1 aliphatic heterocycles. The van der Waals surface area contributed by atoms with Crippen molar-refractivity contribution in [1.82, 2.24) is 15.2 Å². The van der Waals surface area contributed by atoms with Crippen molar-refractivity contribution in [2.75, 3.05) is 13.1 Å². The Labute approximate surface area is 184 Å². The van der Waals surface area contributed by atoms with Crippen molar-refractivity contribution in [2.24, 2.45) is 5.41 Å². The van der Waals surface area contributed by atoms with E-state index in [-0.39, 0.29) is 24.4 Å². The number of aromatic nitrogens is 1. The predicted molar refractivity (Wildman–Crippen MR) is 113 cm³/mol. The molecule has 1 aromatic heterocycles. The molecule has 2 amide bonds. The van der Waals surface area contributed by atoms with Gasteiger partial charge in [0.05, 0.1) is 0 Å². The zero-order valence-electron chi connectivity index (χ0n) is 17.5. The van der Waals surface area contributed by atoms with Crippen molar-refractivity contribution in [3.05, 3.63) is 65.1 Å². The Kier molecular flexibility index (Phi) is 5.56. The van der Waals surface area contributed by atoms with Gasteiger partial charge in [0, 0.05) is 30.8 Å². The summed E-state index contributed by atoms with van der Waals surface area (Å²) in [6.07, 6.45) is 2.90. The highest BCUT2D eigenvalue weighted by atomic mass is 16.5. The number of benzene rings is 1. The minimum absolute atomic E-state index is 0.196. The summed E-state index contributed by atoms with van der Waals surface area (Å²) in [4.78, 5) is 41.9. The van der Waals surface area contributed by atoms with Crippen LogP contribution in [0.5, 0.6) is 11.6 Å². The van der Waals surface area contributed by atoms with Crippen LogP contribution in [0, 0.1) is 12.3 Å². The van der Waals surface area contributed by atoms with E-state index in [0.29, 0.717) is 24.5 Å². The van der Waals surface area contributed by atoms with E-state index in [4.69, 9.17) is 9.84 Å². The third kappa shape index (κ3) is 4.41. The van der Waals surface area contributed by atoms with Crippen LogP contribution in [0.1, 0.15) is 24.0 Å². The molecule has 9 nitrogen and oxygen atoms in total. The average Bonchev–Trinajstić information content (AvgIpc) is 3.54. The highest BCUT2D eigenvalue weighted by Gasteiger charge is 2.55. The Hall–Kier alpha value is -3.88. The second kappa shape index (κ2) is 8.33. The third-order valence-corrected chi connectivity index (χ3v) is 5.63. The highest BCUT2D eigenvalue weighted by molar-refractivity contribution is 6.19. The second-order valence-electron chi connectivity index (χ2n) is 8.16. The number of hydrogen-bond donors (Lipinski definition) is 3. The first kappa shape index (κ1) is 21.4. The van der Waals surface area contributed by atoms with Crippen LogP contribution in [-0.2, 0) is 20.9 Å². The minimum atomic E-state index is -1.24. The smallest absolute Gasteiger partial charge is 0.322 e. The van der Waals surface area contributed by atoms with Gasteiger partial charge in [0.25, 0.3) is 11.8 Å². The number of aliphatic carboxylic acids is 1. The predicted octanol–water partition coefficient (Wildman–Crippen LogP) is 2.32. The SMILES string of the molecule is Cc1ccc(Oc2ccc(CN3CC4(CC4)C(O)=C(C(=O)NCC(=O)O)C3=O)cn2)cc1. The standard InChI is InChI=1S/C23H23N3O6/c1-14-2-5-16(6-3-14)32-17-7-4-15(10-24-17)12-26-13-23(8-9-23)20(29)19(22(26)31)21(30)25-11-18(27)28/h2-7,10,29H,8-9,11-13H2,1H3,(H,25,30)(H,27,28). The van der Waals surface area contributed by atoms with Crippen molar-refractivity contribution in [2.45, 2.75) is 26.3 Å². The summed E-state index contributed by atoms with van der Waals surface area (Å²) >= 11 is 0. The summed E-state index contributed by atoms with van der Waals surface area (Å²) in [5, 5.41) is 21.5. The van der Waals surface area contributed by atoms with E-state index in [1.54, 1.807) is 18.3 Å². The first-order chi connectivity index (χ1) is 15.3. The van der Waals surface area contributed by atoms with Gasteiger partial charge in [-0.15, -0.1) is 0 Å². The Morgan fingerprint density at radius 2 is 1.91 bits per heavy atom. The van der Waals surface area contributed by atoms with Crippen molar-refractivity contribution < 1.29 is 29.3 Å². The van der Waals surface area contributed by atoms with E-state index in [2.05, 4.69) is 10.3 Å². The lowest BCUT2D eigenvalue weighted by Gasteiger charge is -2.33. The van der Waals surface area contributed by atoms with E-state index >= 15 is 0 Å². The second-order valence-corrected chi connectivity index (χ2v) is 8.16. The van der Waals surface area contributed by atoms with Crippen LogP contribution >= 0.6 is 0 Å². The quantitative estimate of drug-likeness (QED) is 0.567. The fourth-order valence-electron chi connectivity index (χ4n) is 3.67. The molecule has 3 N–H and O–H groups in total. The number of hydrogen-bond acceptors (Lipinski definition) is 6. The van der Waals surface area contributed by atoms with E-state index in [9.17, 15) is 19.5 Å². The number of aryl methyl sites for hydroxylation is 1. The molecule has 1 aromatic carbocycles. The van der Waals surface area contributed by atoms with E-state index in [1.165, 1.54) is 4.90 Å². The van der Waals surface area contributed by atoms with Gasteiger partial charge in [0.1, 0.15) is 23.6 Å². The largest absolute Gasteiger partial charge is 0.511 e. The maximum absolute atomic E-state index is 12.9. The molecule has 1 aliphatic carbocycles. The van der Waals surface area contributed by atoms with Crippen LogP contribution in [-0.4, -0.2) is 51.0 Å². The molecule has 2 heterocycles. The molecular weight excluding hydrogens is 414 g/mol. The molecule has 166 valence electrons. The van der Waals surface area contributed by atoms with Crippen LogP contribution in [0.4, 0.5) is 0 Å². The number of aliphatic hydroxyl groups is 1. The number of nitrogens with zero attached hydrogens (tertiary/aromatic N) is 2. The Morgan fingerprint density at radius 1 is 1.19 bits per heavy atom. The number of pyridine rings is 1. The monoisotopic (exact) mass is 437 g/mol. The molecule has 1 saturated carbocycles. The Morgan fingerprint density at radius 3 is 2.50 bits per heavy atom. The minimum Gasteiger partial charge on any atom is -0.511 e. The van der Waals surface area contributed by atoms with Crippen LogP contribution in [0.15, 0.2) is 53.9 Å². The lowest BCUT2D eigenvalue weighted by Crippen LogP contribution is -2.47. The van der Waals surface area contributed by atoms with Crippen LogP contribution in [0.2, 0.25) is 0 Å². The topological polar surface area (TPSA) is 129 Å². The van der Waals surface area contributed by atoms with Crippen LogP contribution in [0.3, 0.4) is 0 Å². The van der Waals surface area contributed by atoms with Gasteiger partial charge >= 0.3 is 5.97 Å².